The zero-order valence-corrected chi connectivity index (χ0v) is 7.79. The highest BCUT2D eigenvalue weighted by Crippen LogP contribution is 2.24. The lowest BCUT2D eigenvalue weighted by Crippen LogP contribution is -1.88. The second kappa shape index (κ2) is 3.88. The first-order valence-corrected chi connectivity index (χ1v) is 4.39. The maximum absolute atomic E-state index is 10.4. The summed E-state index contributed by atoms with van der Waals surface area (Å²) in [7, 11) is 0. The molecule has 0 aliphatic carbocycles. The SMILES string of the molecule is O=C(O)C=C1C=Cc2ccccc2N=N1. The largest absolute Gasteiger partial charge is 0.478 e. The van der Waals surface area contributed by atoms with Crippen LogP contribution < -0.4 is 0 Å². The molecule has 4 heteroatoms. The Kier molecular flexibility index (Phi) is 2.41. The van der Waals surface area contributed by atoms with E-state index in [4.69, 9.17) is 5.11 Å². The first-order chi connectivity index (χ1) is 7.25. The smallest absolute Gasteiger partial charge is 0.330 e. The highest BCUT2D eigenvalue weighted by atomic mass is 16.4. The molecular weight excluding hydrogens is 192 g/mol. The summed E-state index contributed by atoms with van der Waals surface area (Å²) in [5, 5.41) is 16.3. The van der Waals surface area contributed by atoms with Crippen molar-refractivity contribution in [3.05, 3.63) is 47.7 Å². The Labute approximate surface area is 86.3 Å². The molecule has 0 radical (unpaired) electrons. The molecule has 1 aliphatic heterocycles. The van der Waals surface area contributed by atoms with Crippen molar-refractivity contribution in [3.8, 4) is 0 Å². The predicted octanol–water partition coefficient (Wildman–Crippen LogP) is 2.77. The van der Waals surface area contributed by atoms with Crippen molar-refractivity contribution < 1.29 is 9.90 Å². The van der Waals surface area contributed by atoms with Crippen molar-refractivity contribution in [3.63, 3.8) is 0 Å². The number of benzene rings is 1. The topological polar surface area (TPSA) is 62.0 Å². The minimum absolute atomic E-state index is 0.332. The molecule has 2 rings (SSSR count). The Balaban J connectivity index is 2.42. The van der Waals surface area contributed by atoms with Gasteiger partial charge in [0, 0.05) is 5.56 Å². The van der Waals surface area contributed by atoms with E-state index in [0.29, 0.717) is 5.70 Å². The van der Waals surface area contributed by atoms with Gasteiger partial charge in [-0.15, -0.1) is 5.11 Å². The van der Waals surface area contributed by atoms with Crippen molar-refractivity contribution >= 4 is 17.7 Å². The van der Waals surface area contributed by atoms with E-state index in [1.807, 2.05) is 24.3 Å². The molecule has 1 heterocycles. The number of fused-ring (bicyclic) bond motifs is 1. The predicted molar refractivity (Wildman–Crippen MR) is 55.7 cm³/mol. The average Bonchev–Trinajstić information content (AvgIpc) is 2.41. The molecule has 0 saturated carbocycles. The molecule has 0 bridgehead atoms. The van der Waals surface area contributed by atoms with Gasteiger partial charge in [0.15, 0.2) is 0 Å². The van der Waals surface area contributed by atoms with Crippen LogP contribution in [0.3, 0.4) is 0 Å². The van der Waals surface area contributed by atoms with Crippen LogP contribution in [-0.2, 0) is 4.79 Å². The number of carboxylic acids is 1. The van der Waals surface area contributed by atoms with Crippen LogP contribution in [0.1, 0.15) is 5.56 Å². The molecule has 74 valence electrons. The monoisotopic (exact) mass is 200 g/mol. The lowest BCUT2D eigenvalue weighted by atomic mass is 10.1. The molecule has 0 fully saturated rings. The Bertz CT molecular complexity index is 452. The van der Waals surface area contributed by atoms with Gasteiger partial charge in [-0.1, -0.05) is 24.3 Å². The Morgan fingerprint density at radius 2 is 2.00 bits per heavy atom. The fourth-order valence-corrected chi connectivity index (χ4v) is 1.24. The van der Waals surface area contributed by atoms with E-state index in [9.17, 15) is 4.79 Å². The minimum Gasteiger partial charge on any atom is -0.478 e. The molecule has 0 saturated heterocycles. The lowest BCUT2D eigenvalue weighted by molar-refractivity contribution is -0.131. The molecule has 0 unspecified atom stereocenters. The summed E-state index contributed by atoms with van der Waals surface area (Å²) in [6.07, 6.45) is 4.44. The molecule has 1 aromatic carbocycles. The molecule has 1 N–H and O–H groups in total. The quantitative estimate of drug-likeness (QED) is 0.708. The molecule has 0 amide bonds. The van der Waals surface area contributed by atoms with Crippen LogP contribution >= 0.6 is 0 Å². The summed E-state index contributed by atoms with van der Waals surface area (Å²) in [5.74, 6) is -1.03. The van der Waals surface area contributed by atoms with Crippen molar-refractivity contribution in [2.75, 3.05) is 0 Å². The van der Waals surface area contributed by atoms with Crippen molar-refractivity contribution in [2.45, 2.75) is 0 Å². The van der Waals surface area contributed by atoms with Gasteiger partial charge in [0.25, 0.3) is 0 Å². The second-order valence-corrected chi connectivity index (χ2v) is 3.00. The van der Waals surface area contributed by atoms with E-state index < -0.39 is 5.97 Å². The normalized spacial score (nSPS) is 16.1. The summed E-state index contributed by atoms with van der Waals surface area (Å²) >= 11 is 0. The number of rotatable bonds is 1. The van der Waals surface area contributed by atoms with Gasteiger partial charge in [0.1, 0.15) is 0 Å². The molecule has 0 atom stereocenters. The van der Waals surface area contributed by atoms with E-state index in [0.717, 1.165) is 17.3 Å². The number of hydrogen-bond acceptors (Lipinski definition) is 3. The zero-order chi connectivity index (χ0) is 10.7. The Morgan fingerprint density at radius 3 is 2.80 bits per heavy atom. The summed E-state index contributed by atoms with van der Waals surface area (Å²) in [6, 6.07) is 7.48. The molecule has 1 aliphatic rings. The number of carboxylic acid groups (broad SMARTS) is 1. The van der Waals surface area contributed by atoms with E-state index in [1.165, 1.54) is 0 Å². The first kappa shape index (κ1) is 9.33. The first-order valence-electron chi connectivity index (χ1n) is 4.39. The van der Waals surface area contributed by atoms with E-state index in [-0.39, 0.29) is 0 Å². The minimum atomic E-state index is -1.03. The number of allylic oxidation sites excluding steroid dienone is 1. The zero-order valence-electron chi connectivity index (χ0n) is 7.79. The standard InChI is InChI=1S/C11H8N2O2/c14-11(15)7-9-6-5-8-3-1-2-4-10(8)13-12-9/h1-7H,(H,14,15). The number of aliphatic carboxylic acids is 1. The van der Waals surface area contributed by atoms with Crippen LogP contribution in [0.4, 0.5) is 5.69 Å². The Hall–Kier alpha value is -2.23. The van der Waals surface area contributed by atoms with Crippen LogP contribution in [0.25, 0.3) is 6.08 Å². The number of hydrogen-bond donors (Lipinski definition) is 1. The van der Waals surface area contributed by atoms with Gasteiger partial charge in [-0.25, -0.2) is 4.79 Å². The van der Waals surface area contributed by atoms with Gasteiger partial charge in [0.2, 0.25) is 0 Å². The van der Waals surface area contributed by atoms with Crippen LogP contribution in [-0.4, -0.2) is 11.1 Å². The summed E-state index contributed by atoms with van der Waals surface area (Å²) < 4.78 is 0. The van der Waals surface area contributed by atoms with Crippen molar-refractivity contribution in [2.24, 2.45) is 10.2 Å². The highest BCUT2D eigenvalue weighted by Gasteiger charge is 2.02. The van der Waals surface area contributed by atoms with Gasteiger partial charge in [0.05, 0.1) is 17.5 Å². The van der Waals surface area contributed by atoms with Gasteiger partial charge < -0.3 is 5.11 Å². The average molecular weight is 200 g/mol. The van der Waals surface area contributed by atoms with Crippen LogP contribution in [0.2, 0.25) is 0 Å². The van der Waals surface area contributed by atoms with Crippen LogP contribution in [0, 0.1) is 0 Å². The van der Waals surface area contributed by atoms with Crippen LogP contribution in [0.5, 0.6) is 0 Å². The lowest BCUT2D eigenvalue weighted by Gasteiger charge is -1.94. The van der Waals surface area contributed by atoms with Gasteiger partial charge in [-0.3, -0.25) is 0 Å². The fourth-order valence-electron chi connectivity index (χ4n) is 1.24. The third-order valence-electron chi connectivity index (χ3n) is 1.91. The number of nitrogens with zero attached hydrogens (tertiary/aromatic N) is 2. The van der Waals surface area contributed by atoms with E-state index >= 15 is 0 Å². The summed E-state index contributed by atoms with van der Waals surface area (Å²) in [5.41, 5.74) is 2.00. The molecule has 4 nitrogen and oxygen atoms in total. The van der Waals surface area contributed by atoms with E-state index in [2.05, 4.69) is 10.2 Å². The Morgan fingerprint density at radius 1 is 1.20 bits per heavy atom. The number of azo groups is 1. The maximum Gasteiger partial charge on any atom is 0.330 e. The maximum atomic E-state index is 10.4. The van der Waals surface area contributed by atoms with Gasteiger partial charge in [-0.2, -0.15) is 5.11 Å². The third kappa shape index (κ3) is 2.17. The third-order valence-corrected chi connectivity index (χ3v) is 1.91. The van der Waals surface area contributed by atoms with Crippen molar-refractivity contribution in [1.82, 2.24) is 0 Å². The van der Waals surface area contributed by atoms with E-state index in [1.54, 1.807) is 12.2 Å². The van der Waals surface area contributed by atoms with Crippen molar-refractivity contribution in [1.29, 1.82) is 0 Å². The summed E-state index contributed by atoms with van der Waals surface area (Å²) in [6.45, 7) is 0. The number of carbonyl (C=O) groups is 1. The summed E-state index contributed by atoms with van der Waals surface area (Å²) in [4.78, 5) is 10.4. The molecule has 0 spiro atoms. The highest BCUT2D eigenvalue weighted by molar-refractivity contribution is 5.82. The second-order valence-electron chi connectivity index (χ2n) is 3.00. The molecule has 0 aromatic heterocycles. The molecule has 15 heavy (non-hydrogen) atoms. The van der Waals surface area contributed by atoms with Gasteiger partial charge in [-0.05, 0) is 12.1 Å². The fraction of sp³-hybridized carbons (Fsp3) is 0. The van der Waals surface area contributed by atoms with Gasteiger partial charge >= 0.3 is 5.97 Å². The van der Waals surface area contributed by atoms with Crippen LogP contribution in [0.15, 0.2) is 52.3 Å². The molecular formula is C11H8N2O2. The molecule has 1 aromatic rings.